The van der Waals surface area contributed by atoms with E-state index in [9.17, 15) is 4.39 Å². The molecular formula is C18H15FN6. The summed E-state index contributed by atoms with van der Waals surface area (Å²) in [4.78, 5) is 12.8. The topological polar surface area (TPSA) is 68.5 Å². The average molecular weight is 334 g/mol. The molecule has 7 heteroatoms. The van der Waals surface area contributed by atoms with Gasteiger partial charge in [0.05, 0.1) is 16.8 Å². The Morgan fingerprint density at radius 2 is 2.08 bits per heavy atom. The van der Waals surface area contributed by atoms with Crippen molar-refractivity contribution in [2.75, 3.05) is 5.32 Å². The van der Waals surface area contributed by atoms with Crippen molar-refractivity contribution in [1.82, 2.24) is 24.7 Å². The Morgan fingerprint density at radius 1 is 1.16 bits per heavy atom. The summed E-state index contributed by atoms with van der Waals surface area (Å²) in [5.74, 6) is 0.372. The van der Waals surface area contributed by atoms with Gasteiger partial charge >= 0.3 is 0 Å². The Kier molecular flexibility index (Phi) is 3.81. The fourth-order valence-electron chi connectivity index (χ4n) is 2.73. The molecule has 0 amide bonds. The van der Waals surface area contributed by atoms with E-state index in [2.05, 4.69) is 25.4 Å². The number of aryl methyl sites for hydroxylation is 1. The number of nitrogens with one attached hydrogen (secondary N) is 1. The van der Waals surface area contributed by atoms with Gasteiger partial charge in [-0.05, 0) is 36.8 Å². The van der Waals surface area contributed by atoms with Crippen LogP contribution in [0.4, 0.5) is 10.2 Å². The summed E-state index contributed by atoms with van der Waals surface area (Å²) in [5.41, 5.74) is 3.07. The van der Waals surface area contributed by atoms with Crippen molar-refractivity contribution in [3.63, 3.8) is 0 Å². The number of fused-ring (bicyclic) bond motifs is 1. The lowest BCUT2D eigenvalue weighted by molar-refractivity contribution is 0.625. The zero-order chi connectivity index (χ0) is 17.2. The number of rotatable bonds is 4. The van der Waals surface area contributed by atoms with E-state index < -0.39 is 0 Å². The molecule has 4 rings (SSSR count). The molecule has 0 spiro atoms. The van der Waals surface area contributed by atoms with Gasteiger partial charge in [-0.15, -0.1) is 0 Å². The predicted octanol–water partition coefficient (Wildman–Crippen LogP) is 3.27. The largest absolute Gasteiger partial charge is 0.365 e. The molecule has 124 valence electrons. The maximum Gasteiger partial charge on any atom is 0.168 e. The van der Waals surface area contributed by atoms with Gasteiger partial charge in [-0.25, -0.2) is 19.0 Å². The van der Waals surface area contributed by atoms with E-state index in [1.165, 1.54) is 18.5 Å². The molecule has 0 atom stereocenters. The number of hydrogen-bond acceptors (Lipinski definition) is 5. The first-order valence-electron chi connectivity index (χ1n) is 7.81. The van der Waals surface area contributed by atoms with Crippen LogP contribution < -0.4 is 5.32 Å². The summed E-state index contributed by atoms with van der Waals surface area (Å²) < 4.78 is 15.2. The molecule has 0 radical (unpaired) electrons. The van der Waals surface area contributed by atoms with Crippen LogP contribution in [0.25, 0.3) is 16.7 Å². The highest BCUT2D eigenvalue weighted by atomic mass is 19.1. The van der Waals surface area contributed by atoms with Crippen LogP contribution in [0.5, 0.6) is 0 Å². The van der Waals surface area contributed by atoms with E-state index in [0.717, 1.165) is 16.6 Å². The third-order valence-electron chi connectivity index (χ3n) is 3.88. The molecule has 0 aliphatic carbocycles. The average Bonchev–Trinajstić information content (AvgIpc) is 2.98. The minimum absolute atomic E-state index is 0.317. The van der Waals surface area contributed by atoms with E-state index in [1.807, 2.05) is 19.1 Å². The summed E-state index contributed by atoms with van der Waals surface area (Å²) in [6, 6.07) is 10.1. The lowest BCUT2D eigenvalue weighted by Crippen LogP contribution is -2.03. The zero-order valence-electron chi connectivity index (χ0n) is 13.5. The van der Waals surface area contributed by atoms with E-state index >= 15 is 0 Å². The molecule has 6 nitrogen and oxygen atoms in total. The molecule has 0 saturated carbocycles. The van der Waals surface area contributed by atoms with Crippen LogP contribution in [0.3, 0.4) is 0 Å². The van der Waals surface area contributed by atoms with Gasteiger partial charge in [0.2, 0.25) is 0 Å². The van der Waals surface area contributed by atoms with Gasteiger partial charge in [-0.1, -0.05) is 12.1 Å². The first-order valence-corrected chi connectivity index (χ1v) is 7.81. The van der Waals surface area contributed by atoms with Crippen molar-refractivity contribution < 1.29 is 4.39 Å². The van der Waals surface area contributed by atoms with Gasteiger partial charge in [0, 0.05) is 18.9 Å². The van der Waals surface area contributed by atoms with Gasteiger partial charge in [0.1, 0.15) is 18.0 Å². The lowest BCUT2D eigenvalue weighted by atomic mass is 10.2. The summed E-state index contributed by atoms with van der Waals surface area (Å²) in [6.45, 7) is 2.47. The number of nitrogens with zero attached hydrogens (tertiary/aromatic N) is 5. The molecule has 0 aliphatic heterocycles. The van der Waals surface area contributed by atoms with Gasteiger partial charge in [0.15, 0.2) is 5.65 Å². The standard InChI is InChI=1S/C18H15FN6/c1-12-16-17(21-10-13-4-3-7-20-9-13)22-11-23-18(16)25(24-12)15-6-2-5-14(19)8-15/h2-9,11H,10H2,1H3,(H,21,22,23). The number of anilines is 1. The number of aromatic nitrogens is 5. The Morgan fingerprint density at radius 3 is 2.88 bits per heavy atom. The number of halogens is 1. The summed E-state index contributed by atoms with van der Waals surface area (Å²) in [7, 11) is 0. The molecule has 4 aromatic rings. The van der Waals surface area contributed by atoms with Crippen LogP contribution in [0.15, 0.2) is 55.1 Å². The van der Waals surface area contributed by atoms with Gasteiger partial charge in [-0.2, -0.15) is 5.10 Å². The Bertz CT molecular complexity index is 1030. The van der Waals surface area contributed by atoms with Crippen LogP contribution in [-0.2, 0) is 6.54 Å². The van der Waals surface area contributed by atoms with Crippen molar-refractivity contribution >= 4 is 16.9 Å². The highest BCUT2D eigenvalue weighted by Gasteiger charge is 2.15. The molecule has 0 bridgehead atoms. The monoisotopic (exact) mass is 334 g/mol. The molecule has 0 fully saturated rings. The highest BCUT2D eigenvalue weighted by Crippen LogP contribution is 2.25. The Labute approximate surface area is 143 Å². The lowest BCUT2D eigenvalue weighted by Gasteiger charge is -2.07. The fourth-order valence-corrected chi connectivity index (χ4v) is 2.73. The quantitative estimate of drug-likeness (QED) is 0.620. The number of pyridine rings is 1. The molecule has 0 aliphatic rings. The van der Waals surface area contributed by atoms with Crippen LogP contribution >= 0.6 is 0 Å². The molecule has 25 heavy (non-hydrogen) atoms. The molecule has 1 N–H and O–H groups in total. The molecule has 3 aromatic heterocycles. The summed E-state index contributed by atoms with van der Waals surface area (Å²) >= 11 is 0. The first-order chi connectivity index (χ1) is 12.2. The van der Waals surface area contributed by atoms with E-state index in [0.29, 0.717) is 23.7 Å². The van der Waals surface area contributed by atoms with E-state index in [1.54, 1.807) is 29.2 Å². The van der Waals surface area contributed by atoms with Crippen LogP contribution in [-0.4, -0.2) is 24.7 Å². The van der Waals surface area contributed by atoms with Crippen molar-refractivity contribution in [3.8, 4) is 5.69 Å². The fraction of sp³-hybridized carbons (Fsp3) is 0.111. The minimum atomic E-state index is -0.317. The SMILES string of the molecule is Cc1nn(-c2cccc(F)c2)c2ncnc(NCc3cccnc3)c12. The third kappa shape index (κ3) is 2.91. The van der Waals surface area contributed by atoms with Crippen LogP contribution in [0, 0.1) is 12.7 Å². The number of benzene rings is 1. The Balaban J connectivity index is 1.75. The maximum absolute atomic E-state index is 13.6. The minimum Gasteiger partial charge on any atom is -0.365 e. The predicted molar refractivity (Wildman–Crippen MR) is 92.9 cm³/mol. The van der Waals surface area contributed by atoms with Gasteiger partial charge < -0.3 is 5.32 Å². The van der Waals surface area contributed by atoms with E-state index in [4.69, 9.17) is 0 Å². The van der Waals surface area contributed by atoms with Crippen molar-refractivity contribution in [2.45, 2.75) is 13.5 Å². The van der Waals surface area contributed by atoms with Gasteiger partial charge in [-0.3, -0.25) is 4.98 Å². The van der Waals surface area contributed by atoms with Crippen molar-refractivity contribution in [3.05, 3.63) is 72.2 Å². The molecular weight excluding hydrogens is 319 g/mol. The molecule has 0 unspecified atom stereocenters. The highest BCUT2D eigenvalue weighted by molar-refractivity contribution is 5.90. The molecule has 0 saturated heterocycles. The second-order valence-electron chi connectivity index (χ2n) is 5.61. The second-order valence-corrected chi connectivity index (χ2v) is 5.61. The summed E-state index contributed by atoms with van der Waals surface area (Å²) in [5, 5.41) is 8.63. The maximum atomic E-state index is 13.6. The van der Waals surface area contributed by atoms with Gasteiger partial charge in [0.25, 0.3) is 0 Å². The summed E-state index contributed by atoms with van der Waals surface area (Å²) in [6.07, 6.45) is 5.01. The Hall–Kier alpha value is -3.35. The smallest absolute Gasteiger partial charge is 0.168 e. The zero-order valence-corrected chi connectivity index (χ0v) is 13.5. The normalized spacial score (nSPS) is 11.0. The van der Waals surface area contributed by atoms with Crippen LogP contribution in [0.1, 0.15) is 11.3 Å². The third-order valence-corrected chi connectivity index (χ3v) is 3.88. The van der Waals surface area contributed by atoms with Crippen LogP contribution in [0.2, 0.25) is 0 Å². The second kappa shape index (κ2) is 6.27. The number of hydrogen-bond donors (Lipinski definition) is 1. The molecule has 1 aromatic carbocycles. The van der Waals surface area contributed by atoms with Crippen molar-refractivity contribution in [1.29, 1.82) is 0 Å². The first kappa shape index (κ1) is 15.2. The van der Waals surface area contributed by atoms with E-state index in [-0.39, 0.29) is 5.82 Å². The molecule has 3 heterocycles. The van der Waals surface area contributed by atoms with Crippen molar-refractivity contribution in [2.24, 2.45) is 0 Å².